The summed E-state index contributed by atoms with van der Waals surface area (Å²) in [5.41, 5.74) is 8.34. The third-order valence-electron chi connectivity index (χ3n) is 3.57. The number of nitrogens with one attached hydrogen (secondary N) is 1. The molecule has 0 saturated heterocycles. The predicted octanol–water partition coefficient (Wildman–Crippen LogP) is 1.30. The summed E-state index contributed by atoms with van der Waals surface area (Å²) in [5, 5.41) is 5.04. The predicted molar refractivity (Wildman–Crippen MR) is 88.9 cm³/mol. The Balaban J connectivity index is 2.17. The number of nitrogens with two attached hydrogens (primary N) is 1. The second-order valence-corrected chi connectivity index (χ2v) is 6.10. The van der Waals surface area contributed by atoms with Gasteiger partial charge in [-0.1, -0.05) is 23.9 Å². The van der Waals surface area contributed by atoms with Gasteiger partial charge in [-0.3, -0.25) is 9.59 Å². The lowest BCUT2D eigenvalue weighted by molar-refractivity contribution is -0.115. The fourth-order valence-electron chi connectivity index (χ4n) is 2.25. The van der Waals surface area contributed by atoms with E-state index in [2.05, 4.69) is 15.1 Å². The monoisotopic (exact) mass is 329 g/mol. The maximum absolute atomic E-state index is 12.2. The Morgan fingerprint density at radius 3 is 2.91 bits per heavy atom. The minimum absolute atomic E-state index is 0.0477. The van der Waals surface area contributed by atoms with E-state index < -0.39 is 5.91 Å². The maximum Gasteiger partial charge on any atom is 0.262 e. The Kier molecular flexibility index (Phi) is 3.91. The Hall–Kier alpha value is -2.61. The van der Waals surface area contributed by atoms with Gasteiger partial charge in [0.2, 0.25) is 5.91 Å². The highest BCUT2D eigenvalue weighted by molar-refractivity contribution is 7.99. The lowest BCUT2D eigenvalue weighted by Gasteiger charge is -2.09. The zero-order valence-electron chi connectivity index (χ0n) is 12.7. The number of aryl methyl sites for hydroxylation is 1. The van der Waals surface area contributed by atoms with Crippen molar-refractivity contribution >= 4 is 28.7 Å². The van der Waals surface area contributed by atoms with Crippen molar-refractivity contribution in [2.24, 2.45) is 5.73 Å². The molecule has 0 atom stereocenters. The van der Waals surface area contributed by atoms with E-state index in [4.69, 9.17) is 5.73 Å². The van der Waals surface area contributed by atoms with Gasteiger partial charge in [-0.25, -0.2) is 9.67 Å². The molecule has 0 fully saturated rings. The van der Waals surface area contributed by atoms with Crippen LogP contribution >= 0.6 is 11.8 Å². The number of rotatable bonds is 4. The molecule has 0 aliphatic rings. The minimum atomic E-state index is -0.471. The standard InChI is InChI=1S/C15H15N5O2S/c1-8-4-3-5-11(9(8)2)20-13-10(6-17-20)14(22)19-15(18-13)23-7-12(16)21/h3-6H,7H2,1-2H3,(H2,16,21)(H,18,19,22). The van der Waals surface area contributed by atoms with Gasteiger partial charge in [0.25, 0.3) is 5.56 Å². The molecule has 0 spiro atoms. The molecule has 0 aliphatic carbocycles. The van der Waals surface area contributed by atoms with Gasteiger partial charge in [-0.2, -0.15) is 5.10 Å². The first-order chi connectivity index (χ1) is 11.0. The number of H-pyrrole nitrogens is 1. The number of fused-ring (bicyclic) bond motifs is 1. The number of nitrogens with zero attached hydrogens (tertiary/aromatic N) is 3. The van der Waals surface area contributed by atoms with Gasteiger partial charge in [-0.15, -0.1) is 0 Å². The Bertz CT molecular complexity index is 960. The minimum Gasteiger partial charge on any atom is -0.369 e. The third-order valence-corrected chi connectivity index (χ3v) is 4.47. The lowest BCUT2D eigenvalue weighted by Crippen LogP contribution is -2.15. The zero-order valence-corrected chi connectivity index (χ0v) is 13.5. The van der Waals surface area contributed by atoms with Gasteiger partial charge in [0, 0.05) is 0 Å². The van der Waals surface area contributed by atoms with Crippen molar-refractivity contribution in [1.29, 1.82) is 0 Å². The fraction of sp³-hybridized carbons (Fsp3) is 0.200. The van der Waals surface area contributed by atoms with E-state index in [-0.39, 0.29) is 11.3 Å². The number of hydrogen-bond donors (Lipinski definition) is 2. The molecule has 0 radical (unpaired) electrons. The van der Waals surface area contributed by atoms with Crippen LogP contribution in [0.3, 0.4) is 0 Å². The molecular weight excluding hydrogens is 314 g/mol. The summed E-state index contributed by atoms with van der Waals surface area (Å²) in [4.78, 5) is 30.1. The van der Waals surface area contributed by atoms with E-state index >= 15 is 0 Å². The van der Waals surface area contributed by atoms with Crippen LogP contribution in [0.1, 0.15) is 11.1 Å². The molecule has 1 amide bonds. The summed E-state index contributed by atoms with van der Waals surface area (Å²) in [6.45, 7) is 4.01. The van der Waals surface area contributed by atoms with Crippen LogP contribution in [-0.4, -0.2) is 31.4 Å². The van der Waals surface area contributed by atoms with Crippen molar-refractivity contribution in [1.82, 2.24) is 19.7 Å². The summed E-state index contributed by atoms with van der Waals surface area (Å²) in [7, 11) is 0. The van der Waals surface area contributed by atoms with Gasteiger partial charge in [-0.05, 0) is 31.0 Å². The van der Waals surface area contributed by atoms with Crippen LogP contribution in [0.5, 0.6) is 0 Å². The molecule has 0 unspecified atom stereocenters. The van der Waals surface area contributed by atoms with Crippen LogP contribution in [0, 0.1) is 13.8 Å². The molecule has 118 valence electrons. The highest BCUT2D eigenvalue weighted by Gasteiger charge is 2.14. The van der Waals surface area contributed by atoms with Gasteiger partial charge in [0.05, 0.1) is 17.6 Å². The summed E-state index contributed by atoms with van der Waals surface area (Å²) >= 11 is 1.09. The molecule has 2 aromatic heterocycles. The first-order valence-electron chi connectivity index (χ1n) is 6.93. The van der Waals surface area contributed by atoms with Gasteiger partial charge >= 0.3 is 0 Å². The summed E-state index contributed by atoms with van der Waals surface area (Å²) in [6, 6.07) is 5.87. The van der Waals surface area contributed by atoms with E-state index in [9.17, 15) is 9.59 Å². The number of benzene rings is 1. The third kappa shape index (κ3) is 2.85. The number of amides is 1. The normalized spacial score (nSPS) is 11.0. The molecule has 3 aromatic rings. The van der Waals surface area contributed by atoms with Crippen molar-refractivity contribution in [2.75, 3.05) is 5.75 Å². The summed E-state index contributed by atoms with van der Waals surface area (Å²) in [5.74, 6) is -0.424. The highest BCUT2D eigenvalue weighted by atomic mass is 32.2. The molecule has 23 heavy (non-hydrogen) atoms. The zero-order chi connectivity index (χ0) is 16.6. The van der Waals surface area contributed by atoms with Gasteiger partial charge in [0.15, 0.2) is 10.8 Å². The van der Waals surface area contributed by atoms with Crippen molar-refractivity contribution in [2.45, 2.75) is 19.0 Å². The average molecular weight is 329 g/mol. The second kappa shape index (κ2) is 5.88. The summed E-state index contributed by atoms with van der Waals surface area (Å²) < 4.78 is 1.64. The summed E-state index contributed by atoms with van der Waals surface area (Å²) in [6.07, 6.45) is 1.49. The molecule has 3 rings (SSSR count). The maximum atomic E-state index is 12.2. The van der Waals surface area contributed by atoms with Crippen LogP contribution in [0.4, 0.5) is 0 Å². The number of aromatic nitrogens is 4. The molecule has 0 aliphatic heterocycles. The first-order valence-corrected chi connectivity index (χ1v) is 7.91. The first kappa shape index (κ1) is 15.3. The number of carbonyl (C=O) groups is 1. The molecule has 8 heteroatoms. The van der Waals surface area contributed by atoms with Crippen molar-refractivity contribution in [3.63, 3.8) is 0 Å². The van der Waals surface area contributed by atoms with Crippen LogP contribution in [0.25, 0.3) is 16.7 Å². The Labute approximate surface area is 135 Å². The SMILES string of the molecule is Cc1cccc(-n2ncc3c(=O)[nH]c(SCC(N)=O)nc32)c1C. The van der Waals surface area contributed by atoms with Gasteiger partial charge in [0.1, 0.15) is 5.39 Å². The van der Waals surface area contributed by atoms with Crippen molar-refractivity contribution in [3.8, 4) is 5.69 Å². The molecule has 2 heterocycles. The highest BCUT2D eigenvalue weighted by Crippen LogP contribution is 2.21. The van der Waals surface area contributed by atoms with Crippen LogP contribution in [0.2, 0.25) is 0 Å². The number of thioether (sulfide) groups is 1. The number of carbonyl (C=O) groups excluding carboxylic acids is 1. The Morgan fingerprint density at radius 1 is 1.39 bits per heavy atom. The van der Waals surface area contributed by atoms with Crippen LogP contribution < -0.4 is 11.3 Å². The second-order valence-electron chi connectivity index (χ2n) is 5.14. The fourth-order valence-corrected chi connectivity index (χ4v) is 2.84. The average Bonchev–Trinajstić information content (AvgIpc) is 2.92. The molecule has 7 nitrogen and oxygen atoms in total. The smallest absolute Gasteiger partial charge is 0.262 e. The molecule has 1 aromatic carbocycles. The molecule has 0 bridgehead atoms. The van der Waals surface area contributed by atoms with Crippen molar-refractivity contribution < 1.29 is 4.79 Å². The van der Waals surface area contributed by atoms with E-state index in [0.29, 0.717) is 16.2 Å². The molecule has 0 saturated carbocycles. The number of primary amides is 1. The van der Waals surface area contributed by atoms with Crippen molar-refractivity contribution in [3.05, 3.63) is 45.9 Å². The van der Waals surface area contributed by atoms with E-state index in [1.165, 1.54) is 6.20 Å². The van der Waals surface area contributed by atoms with Crippen LogP contribution in [-0.2, 0) is 4.79 Å². The largest absolute Gasteiger partial charge is 0.369 e. The quantitative estimate of drug-likeness (QED) is 0.554. The van der Waals surface area contributed by atoms with Crippen LogP contribution in [0.15, 0.2) is 34.3 Å². The number of aromatic amines is 1. The Morgan fingerprint density at radius 2 is 2.17 bits per heavy atom. The molecule has 3 N–H and O–H groups in total. The molecular formula is C15H15N5O2S. The van der Waals surface area contributed by atoms with Gasteiger partial charge < -0.3 is 10.7 Å². The number of hydrogen-bond acceptors (Lipinski definition) is 5. The van der Waals surface area contributed by atoms with E-state index in [0.717, 1.165) is 28.6 Å². The van der Waals surface area contributed by atoms with E-state index in [1.54, 1.807) is 4.68 Å². The lowest BCUT2D eigenvalue weighted by atomic mass is 10.1. The van der Waals surface area contributed by atoms with E-state index in [1.807, 2.05) is 32.0 Å². The topological polar surface area (TPSA) is 107 Å².